The van der Waals surface area contributed by atoms with E-state index in [-0.39, 0.29) is 5.69 Å². The van der Waals surface area contributed by atoms with Gasteiger partial charge in [-0.15, -0.1) is 11.3 Å². The molecule has 0 radical (unpaired) electrons. The van der Waals surface area contributed by atoms with Crippen molar-refractivity contribution in [2.75, 3.05) is 5.73 Å². The molecule has 4 nitrogen and oxygen atoms in total. The number of nitrogen functional groups attached to an aromatic ring is 1. The molecule has 0 aliphatic heterocycles. The number of carboxylic acids is 1. The van der Waals surface area contributed by atoms with E-state index in [0.29, 0.717) is 10.9 Å². The number of aromatic nitrogens is 1. The van der Waals surface area contributed by atoms with Crippen molar-refractivity contribution in [3.05, 3.63) is 10.7 Å². The Morgan fingerprint density at radius 1 is 1.38 bits per heavy atom. The monoisotopic (exact) mass is 238 g/mol. The SMILES string of the molecule is Nc1sc(C2C3CCCCC32)nc1C(=O)O. The lowest BCUT2D eigenvalue weighted by Crippen LogP contribution is -2.00. The summed E-state index contributed by atoms with van der Waals surface area (Å²) in [6.07, 6.45) is 5.17. The Morgan fingerprint density at radius 3 is 2.50 bits per heavy atom. The third kappa shape index (κ3) is 1.42. The minimum Gasteiger partial charge on any atom is -0.476 e. The van der Waals surface area contributed by atoms with Crippen LogP contribution in [-0.4, -0.2) is 16.1 Å². The van der Waals surface area contributed by atoms with Gasteiger partial charge in [0.1, 0.15) is 5.00 Å². The number of hydrogen-bond donors (Lipinski definition) is 2. The first-order valence-electron chi connectivity index (χ1n) is 5.68. The maximum atomic E-state index is 10.9. The van der Waals surface area contributed by atoms with Crippen molar-refractivity contribution < 1.29 is 9.90 Å². The van der Waals surface area contributed by atoms with Gasteiger partial charge in [0.25, 0.3) is 0 Å². The second-order valence-electron chi connectivity index (χ2n) is 4.71. The Bertz CT molecular complexity index is 431. The highest BCUT2D eigenvalue weighted by Gasteiger charge is 2.53. The third-order valence-electron chi connectivity index (χ3n) is 3.81. The van der Waals surface area contributed by atoms with Crippen molar-refractivity contribution in [2.24, 2.45) is 11.8 Å². The summed E-state index contributed by atoms with van der Waals surface area (Å²) in [5.74, 6) is 0.994. The fraction of sp³-hybridized carbons (Fsp3) is 0.636. The number of carbonyl (C=O) groups is 1. The van der Waals surface area contributed by atoms with E-state index in [9.17, 15) is 4.79 Å². The highest BCUT2D eigenvalue weighted by atomic mass is 32.1. The summed E-state index contributed by atoms with van der Waals surface area (Å²) >= 11 is 1.37. The maximum absolute atomic E-state index is 10.9. The van der Waals surface area contributed by atoms with Crippen molar-refractivity contribution in [3.8, 4) is 0 Å². The molecule has 2 unspecified atom stereocenters. The molecule has 2 aliphatic rings. The van der Waals surface area contributed by atoms with Crippen molar-refractivity contribution in [1.29, 1.82) is 0 Å². The molecule has 3 rings (SSSR count). The molecule has 0 aromatic carbocycles. The largest absolute Gasteiger partial charge is 0.476 e. The molecule has 0 spiro atoms. The number of rotatable bonds is 2. The van der Waals surface area contributed by atoms with E-state index < -0.39 is 5.97 Å². The Labute approximate surface area is 97.5 Å². The number of fused-ring (bicyclic) bond motifs is 1. The van der Waals surface area contributed by atoms with Gasteiger partial charge >= 0.3 is 5.97 Å². The van der Waals surface area contributed by atoms with Gasteiger partial charge in [-0.1, -0.05) is 12.8 Å². The van der Waals surface area contributed by atoms with Crippen molar-refractivity contribution in [1.82, 2.24) is 4.98 Å². The van der Waals surface area contributed by atoms with Crippen molar-refractivity contribution in [2.45, 2.75) is 31.6 Å². The molecule has 0 bridgehead atoms. The topological polar surface area (TPSA) is 76.2 Å². The molecular formula is C11H14N2O2S. The zero-order valence-electron chi connectivity index (χ0n) is 8.85. The van der Waals surface area contributed by atoms with E-state index >= 15 is 0 Å². The molecule has 2 aliphatic carbocycles. The van der Waals surface area contributed by atoms with E-state index in [4.69, 9.17) is 10.8 Å². The van der Waals surface area contributed by atoms with Crippen LogP contribution in [0.15, 0.2) is 0 Å². The lowest BCUT2D eigenvalue weighted by atomic mass is 10.0. The van der Waals surface area contributed by atoms with Crippen LogP contribution in [0.4, 0.5) is 5.00 Å². The second-order valence-corrected chi connectivity index (χ2v) is 5.77. The Kier molecular flexibility index (Phi) is 2.17. The molecule has 2 atom stereocenters. The van der Waals surface area contributed by atoms with Gasteiger partial charge in [-0.3, -0.25) is 0 Å². The highest BCUT2D eigenvalue weighted by molar-refractivity contribution is 7.16. The van der Waals surface area contributed by atoms with Gasteiger partial charge in [-0.2, -0.15) is 0 Å². The molecule has 3 N–H and O–H groups in total. The Hall–Kier alpha value is -1.10. The van der Waals surface area contributed by atoms with E-state index in [1.807, 2.05) is 0 Å². The number of hydrogen-bond acceptors (Lipinski definition) is 4. The zero-order chi connectivity index (χ0) is 11.3. The molecule has 0 amide bonds. The summed E-state index contributed by atoms with van der Waals surface area (Å²) in [6.45, 7) is 0. The fourth-order valence-corrected chi connectivity index (χ4v) is 4.08. The third-order valence-corrected chi connectivity index (χ3v) is 4.80. The van der Waals surface area contributed by atoms with Crippen molar-refractivity contribution >= 4 is 22.3 Å². The number of anilines is 1. The molecule has 2 saturated carbocycles. The average Bonchev–Trinajstić information content (AvgIpc) is 2.86. The summed E-state index contributed by atoms with van der Waals surface area (Å²) in [7, 11) is 0. The van der Waals surface area contributed by atoms with Gasteiger partial charge in [0.2, 0.25) is 0 Å². The first-order valence-corrected chi connectivity index (χ1v) is 6.49. The molecule has 5 heteroatoms. The quantitative estimate of drug-likeness (QED) is 0.829. The summed E-state index contributed by atoms with van der Waals surface area (Å²) < 4.78 is 0. The van der Waals surface area contributed by atoms with Crippen LogP contribution in [0.2, 0.25) is 0 Å². The van der Waals surface area contributed by atoms with Gasteiger partial charge in [0.05, 0.1) is 5.01 Å². The molecule has 86 valence electrons. The van der Waals surface area contributed by atoms with Crippen LogP contribution in [0.1, 0.15) is 47.1 Å². The Morgan fingerprint density at radius 2 is 2.00 bits per heavy atom. The van der Waals surface area contributed by atoms with Crippen LogP contribution < -0.4 is 5.73 Å². The number of nitrogens with zero attached hydrogens (tertiary/aromatic N) is 1. The van der Waals surface area contributed by atoms with Crippen molar-refractivity contribution in [3.63, 3.8) is 0 Å². The predicted molar refractivity (Wildman–Crippen MR) is 61.7 cm³/mol. The molecule has 16 heavy (non-hydrogen) atoms. The predicted octanol–water partition coefficient (Wildman–Crippen LogP) is 2.33. The van der Waals surface area contributed by atoms with E-state index in [1.54, 1.807) is 0 Å². The smallest absolute Gasteiger partial charge is 0.357 e. The number of nitrogens with two attached hydrogens (primary N) is 1. The summed E-state index contributed by atoms with van der Waals surface area (Å²) in [5.41, 5.74) is 5.72. The number of aromatic carboxylic acids is 1. The Balaban J connectivity index is 1.86. The molecular weight excluding hydrogens is 224 g/mol. The fourth-order valence-electron chi connectivity index (χ4n) is 3.00. The summed E-state index contributed by atoms with van der Waals surface area (Å²) in [5, 5.41) is 10.2. The van der Waals surface area contributed by atoms with Crippen LogP contribution in [0.25, 0.3) is 0 Å². The number of thiazole rings is 1. The minimum atomic E-state index is -1.01. The first-order chi connectivity index (χ1) is 7.68. The maximum Gasteiger partial charge on any atom is 0.357 e. The van der Waals surface area contributed by atoms with Gasteiger partial charge in [-0.05, 0) is 24.7 Å². The molecule has 2 fully saturated rings. The van der Waals surface area contributed by atoms with Crippen LogP contribution >= 0.6 is 11.3 Å². The normalized spacial score (nSPS) is 32.1. The lowest BCUT2D eigenvalue weighted by Gasteiger charge is -2.04. The van der Waals surface area contributed by atoms with E-state index in [2.05, 4.69) is 4.98 Å². The number of carboxylic acid groups (broad SMARTS) is 1. The highest BCUT2D eigenvalue weighted by Crippen LogP contribution is 2.62. The van der Waals surface area contributed by atoms with Crippen LogP contribution in [0, 0.1) is 11.8 Å². The van der Waals surface area contributed by atoms with Crippen LogP contribution in [0.3, 0.4) is 0 Å². The molecule has 1 heterocycles. The molecule has 1 aromatic rings. The van der Waals surface area contributed by atoms with Gasteiger partial charge in [-0.25, -0.2) is 9.78 Å². The van der Waals surface area contributed by atoms with Gasteiger partial charge in [0, 0.05) is 5.92 Å². The first kappa shape index (κ1) is 10.1. The van der Waals surface area contributed by atoms with E-state index in [1.165, 1.54) is 37.0 Å². The van der Waals surface area contributed by atoms with E-state index in [0.717, 1.165) is 16.8 Å². The summed E-state index contributed by atoms with van der Waals surface area (Å²) in [4.78, 5) is 15.0. The van der Waals surface area contributed by atoms with Crippen LogP contribution in [-0.2, 0) is 0 Å². The van der Waals surface area contributed by atoms with Gasteiger partial charge in [0.15, 0.2) is 5.69 Å². The zero-order valence-corrected chi connectivity index (χ0v) is 9.67. The second kappa shape index (κ2) is 3.45. The van der Waals surface area contributed by atoms with Crippen LogP contribution in [0.5, 0.6) is 0 Å². The average molecular weight is 238 g/mol. The summed E-state index contributed by atoms with van der Waals surface area (Å²) in [6, 6.07) is 0. The molecule has 0 saturated heterocycles. The standard InChI is InChI=1S/C11H14N2O2S/c12-9-8(11(14)15)13-10(16-9)7-5-3-1-2-4-6(5)7/h5-7H,1-4,12H2,(H,14,15). The lowest BCUT2D eigenvalue weighted by molar-refractivity contribution is 0.0692. The van der Waals surface area contributed by atoms with Gasteiger partial charge < -0.3 is 10.8 Å². The minimum absolute atomic E-state index is 0.0450. The molecule has 1 aromatic heterocycles.